The van der Waals surface area contributed by atoms with Gasteiger partial charge in [0.25, 0.3) is 0 Å². The van der Waals surface area contributed by atoms with E-state index in [0.29, 0.717) is 19.3 Å². The Bertz CT molecular complexity index is 1100. The van der Waals surface area contributed by atoms with Crippen LogP contribution >= 0.6 is 0 Å². The van der Waals surface area contributed by atoms with Gasteiger partial charge < -0.3 is 29.2 Å². The molecule has 0 bridgehead atoms. The van der Waals surface area contributed by atoms with Crippen LogP contribution in [-0.2, 0) is 33.4 Å². The molecule has 0 aromatic heterocycles. The van der Waals surface area contributed by atoms with Gasteiger partial charge in [0.15, 0.2) is 6.10 Å². The van der Waals surface area contributed by atoms with Gasteiger partial charge in [0.2, 0.25) is 0 Å². The van der Waals surface area contributed by atoms with Gasteiger partial charge in [-0.25, -0.2) is 0 Å². The van der Waals surface area contributed by atoms with Crippen molar-refractivity contribution in [3.8, 4) is 0 Å². The third-order valence-electron chi connectivity index (χ3n) is 14.3. The van der Waals surface area contributed by atoms with Gasteiger partial charge in [0.05, 0.1) is 12.1 Å². The molecule has 75 heavy (non-hydrogen) atoms. The monoisotopic (exact) mass is 1090 g/mol. The summed E-state index contributed by atoms with van der Waals surface area (Å²) in [5.41, 5.74) is 0. The van der Waals surface area contributed by atoms with Crippen LogP contribution in [0, 0.1) is 0 Å². The van der Waals surface area contributed by atoms with E-state index in [4.69, 9.17) is 19.3 Å². The van der Waals surface area contributed by atoms with Crippen LogP contribution in [0.25, 0.3) is 0 Å². The molecule has 0 amide bonds. The first-order valence-corrected chi connectivity index (χ1v) is 34.3. The van der Waals surface area contributed by atoms with E-state index < -0.39 is 18.2 Å². The molecule has 0 spiro atoms. The Morgan fingerprint density at radius 2 is 0.533 bits per heavy atom. The standard InChI is InChI=1S/C57H110O6.C5H11.C3H6O3.Ca/c1-4-7-10-13-16-19-22-25-28-31-34-37-40-43-46-49-55(58)61-52-54(63-57(60)51-48-45-42-39-36-33-30-27-24-21-18-15-12-9-6-3)53-62-56(59)50-47-44-41-38-35-32-29-26-23-20-17-14-11-8-5-2;1-3-5-4-2;1-2(4)3(5)6;/h54H,4-53H2,1-3H3;1,3-5H2,2H3;2,4H,1H3,(H,5,6);/q;;;+1/p-1. The molecule has 0 aliphatic rings. The van der Waals surface area contributed by atoms with Crippen molar-refractivity contribution in [1.82, 2.24) is 0 Å². The van der Waals surface area contributed by atoms with E-state index in [1.54, 1.807) is 0 Å². The van der Waals surface area contributed by atoms with Crippen molar-refractivity contribution in [2.24, 2.45) is 0 Å². The van der Waals surface area contributed by atoms with Gasteiger partial charge >= 0.3 is 82.4 Å². The molecule has 0 aromatic carbocycles. The molecular formula is C65H126CaO9. The molecule has 0 saturated heterocycles. The summed E-state index contributed by atoms with van der Waals surface area (Å²) in [7, 11) is 0. The molecule has 0 rings (SSSR count). The van der Waals surface area contributed by atoms with Crippen molar-refractivity contribution in [2.75, 3.05) is 13.2 Å². The topological polar surface area (TPSA) is 139 Å². The molecule has 1 atom stereocenters. The summed E-state index contributed by atoms with van der Waals surface area (Å²) < 4.78 is 18.4. The number of aliphatic hydroxyl groups is 1. The average Bonchev–Trinajstić information content (AvgIpc) is 3.40. The molecule has 0 radical (unpaired) electrons. The second-order valence-electron chi connectivity index (χ2n) is 22.1. The normalized spacial score (nSPS) is 11.4. The number of aliphatic hydroxyl groups excluding tert-OH is 1. The number of rotatable bonds is 57. The quantitative estimate of drug-likeness (QED) is 0.0273. The number of esters is 3. The zero-order valence-electron chi connectivity index (χ0n) is 50.8. The van der Waals surface area contributed by atoms with Crippen molar-refractivity contribution < 1.29 is 43.6 Å². The van der Waals surface area contributed by atoms with E-state index in [-0.39, 0.29) is 31.1 Å². The fourth-order valence-electron chi connectivity index (χ4n) is 9.23. The van der Waals surface area contributed by atoms with E-state index in [1.807, 2.05) is 0 Å². The minimum atomic E-state index is -1.44. The zero-order valence-corrected chi connectivity index (χ0v) is 53.0. The molecule has 1 N–H and O–H groups in total. The second kappa shape index (κ2) is 69.2. The summed E-state index contributed by atoms with van der Waals surface area (Å²) in [4.78, 5) is 47.4. The van der Waals surface area contributed by atoms with Crippen LogP contribution in [0.15, 0.2) is 0 Å². The third-order valence-corrected chi connectivity index (χ3v) is 15.1. The van der Waals surface area contributed by atoms with E-state index >= 15 is 0 Å². The molecule has 0 aromatic rings. The molecular weight excluding hydrogens is 965 g/mol. The summed E-state index contributed by atoms with van der Waals surface area (Å²) >= 11 is 1.49. The van der Waals surface area contributed by atoms with Crippen molar-refractivity contribution in [2.45, 2.75) is 377 Å². The molecule has 0 aliphatic carbocycles. The van der Waals surface area contributed by atoms with Gasteiger partial charge in [0, 0.05) is 19.3 Å². The van der Waals surface area contributed by atoms with Gasteiger partial charge in [-0.1, -0.05) is 290 Å². The second-order valence-corrected chi connectivity index (χ2v) is 23.2. The molecule has 0 heterocycles. The van der Waals surface area contributed by atoms with Gasteiger partial charge in [-0.2, -0.15) is 0 Å². The Hall–Kier alpha value is -0.900. The number of carbonyl (C=O) groups is 4. The number of carboxylic acid groups (broad SMARTS) is 1. The van der Waals surface area contributed by atoms with Crippen LogP contribution < -0.4 is 5.11 Å². The first kappa shape index (κ1) is 78.3. The van der Waals surface area contributed by atoms with E-state index in [9.17, 15) is 24.3 Å². The Kier molecular flexibility index (Phi) is 72.3. The van der Waals surface area contributed by atoms with Crippen LogP contribution in [0.3, 0.4) is 0 Å². The number of carbonyl (C=O) groups excluding carboxylic acids is 4. The fraction of sp³-hybridized carbons (Fsp3) is 0.938. The first-order chi connectivity index (χ1) is 36.6. The van der Waals surface area contributed by atoms with Gasteiger partial charge in [0.1, 0.15) is 13.2 Å². The number of hydrogen-bond donors (Lipinski definition) is 1. The molecule has 1 unspecified atom stereocenters. The molecule has 10 heteroatoms. The van der Waals surface area contributed by atoms with Crippen LogP contribution in [0.4, 0.5) is 0 Å². The SMILES string of the molecule is CC(O)C(=O)[O-].CCCCCCCCCCCCCCCCCC(=O)OCC(COC(=O)CCCCCCCCCCCCCCCCC)OC(=O)CCCCCCCCCCCCCCCCC.CCCC[CH2][Ca+]. The average molecular weight is 1090 g/mol. The van der Waals surface area contributed by atoms with Crippen molar-refractivity contribution in [3.05, 3.63) is 0 Å². The number of aliphatic carboxylic acids is 1. The third kappa shape index (κ3) is 73.1. The van der Waals surface area contributed by atoms with Crippen LogP contribution in [0.2, 0.25) is 2.52 Å². The number of unbranched alkanes of at least 4 members (excludes halogenated alkanes) is 44. The fourth-order valence-corrected chi connectivity index (χ4v) is 9.78. The van der Waals surface area contributed by atoms with Gasteiger partial charge in [-0.3, -0.25) is 14.4 Å². The van der Waals surface area contributed by atoms with Gasteiger partial charge in [-0.05, 0) is 26.2 Å². The van der Waals surface area contributed by atoms with Crippen molar-refractivity contribution in [3.63, 3.8) is 0 Å². The predicted octanol–water partition coefficient (Wildman–Crippen LogP) is 18.6. The molecule has 0 aliphatic heterocycles. The number of hydrogen-bond acceptors (Lipinski definition) is 9. The van der Waals surface area contributed by atoms with Crippen LogP contribution in [0.5, 0.6) is 0 Å². The summed E-state index contributed by atoms with van der Waals surface area (Å²) in [6.45, 7) is 10.1. The molecule has 9 nitrogen and oxygen atoms in total. The van der Waals surface area contributed by atoms with Crippen molar-refractivity contribution >= 4 is 59.7 Å². The summed E-state index contributed by atoms with van der Waals surface area (Å²) in [6.07, 6.45) is 60.9. The first-order valence-electron chi connectivity index (χ1n) is 32.8. The van der Waals surface area contributed by atoms with Crippen molar-refractivity contribution in [1.29, 1.82) is 0 Å². The Labute approximate surface area is 489 Å². The summed E-state index contributed by atoms with van der Waals surface area (Å²) in [5, 5.41) is 17.3. The Morgan fingerprint density at radius 1 is 0.347 bits per heavy atom. The van der Waals surface area contributed by atoms with Gasteiger partial charge in [-0.15, -0.1) is 0 Å². The minimum absolute atomic E-state index is 0.0611. The predicted molar refractivity (Wildman–Crippen MR) is 317 cm³/mol. The summed E-state index contributed by atoms with van der Waals surface area (Å²) in [6, 6.07) is 0. The summed E-state index contributed by atoms with van der Waals surface area (Å²) in [5.74, 6) is -2.27. The molecule has 0 fully saturated rings. The number of carboxylic acids is 1. The molecule has 442 valence electrons. The van der Waals surface area contributed by atoms with E-state index in [0.717, 1.165) is 64.7 Å². The van der Waals surface area contributed by atoms with Crippen LogP contribution in [-0.4, -0.2) is 90.2 Å². The van der Waals surface area contributed by atoms with E-state index in [1.165, 1.54) is 289 Å². The zero-order chi connectivity index (χ0) is 55.8. The van der Waals surface area contributed by atoms with E-state index in [2.05, 4.69) is 27.7 Å². The Balaban J connectivity index is -0.00000382. The Morgan fingerprint density at radius 3 is 0.720 bits per heavy atom. The number of ether oxygens (including phenoxy) is 3. The maximum absolute atomic E-state index is 12.8. The molecule has 0 saturated carbocycles. The maximum atomic E-state index is 12.8. The van der Waals surface area contributed by atoms with Crippen LogP contribution in [0.1, 0.15) is 362 Å².